The molecule has 1 aliphatic heterocycles. The Morgan fingerprint density at radius 1 is 1.12 bits per heavy atom. The summed E-state index contributed by atoms with van der Waals surface area (Å²) in [5, 5.41) is 3.18. The molecule has 3 aromatic heterocycles. The van der Waals surface area contributed by atoms with Crippen LogP contribution >= 0.6 is 11.6 Å². The molecule has 4 heterocycles. The Hall–Kier alpha value is -3.78. The third-order valence-electron chi connectivity index (χ3n) is 5.68. The number of benzene rings is 1. The lowest BCUT2D eigenvalue weighted by Gasteiger charge is -2.35. The molecule has 0 bridgehead atoms. The topological polar surface area (TPSA) is 101 Å². The van der Waals surface area contributed by atoms with Gasteiger partial charge in [-0.05, 0) is 30.3 Å². The van der Waals surface area contributed by atoms with Crippen molar-refractivity contribution in [2.45, 2.75) is 0 Å². The normalized spacial score (nSPS) is 14.2. The van der Waals surface area contributed by atoms with E-state index in [0.717, 1.165) is 33.1 Å². The molecule has 1 amide bonds. The van der Waals surface area contributed by atoms with Crippen LogP contribution in [0.5, 0.6) is 0 Å². The number of hydrogen-bond donors (Lipinski definition) is 1. The highest BCUT2D eigenvalue weighted by Gasteiger charge is 2.23. The largest absolute Gasteiger partial charge is 0.384 e. The van der Waals surface area contributed by atoms with Crippen LogP contribution in [0.25, 0.3) is 32.9 Å². The van der Waals surface area contributed by atoms with Crippen molar-refractivity contribution in [1.82, 2.24) is 24.8 Å². The summed E-state index contributed by atoms with van der Waals surface area (Å²) in [6.45, 7) is 6.11. The van der Waals surface area contributed by atoms with Gasteiger partial charge in [0.05, 0.1) is 16.2 Å². The van der Waals surface area contributed by atoms with Crippen molar-refractivity contribution in [2.75, 3.05) is 36.8 Å². The number of aromatic nitrogens is 4. The summed E-state index contributed by atoms with van der Waals surface area (Å²) >= 11 is 6.75. The molecule has 1 fully saturated rings. The maximum Gasteiger partial charge on any atom is 0.246 e. The number of anilines is 2. The number of pyridine rings is 2. The third-order valence-corrected chi connectivity index (χ3v) is 5.99. The van der Waals surface area contributed by atoms with Crippen LogP contribution in [-0.2, 0) is 4.79 Å². The minimum absolute atomic E-state index is 0.0538. The van der Waals surface area contributed by atoms with Gasteiger partial charge in [0, 0.05) is 60.3 Å². The van der Waals surface area contributed by atoms with E-state index in [1.165, 1.54) is 6.08 Å². The van der Waals surface area contributed by atoms with Crippen LogP contribution in [0.2, 0.25) is 5.02 Å². The van der Waals surface area contributed by atoms with Gasteiger partial charge in [0.15, 0.2) is 0 Å². The first kappa shape index (κ1) is 20.1. The lowest BCUT2D eigenvalue weighted by atomic mass is 10.0. The molecule has 0 aliphatic carbocycles. The molecule has 8 nitrogen and oxygen atoms in total. The van der Waals surface area contributed by atoms with Gasteiger partial charge < -0.3 is 15.5 Å². The highest BCUT2D eigenvalue weighted by atomic mass is 35.5. The van der Waals surface area contributed by atoms with E-state index in [0.29, 0.717) is 42.7 Å². The second kappa shape index (κ2) is 8.05. The van der Waals surface area contributed by atoms with Gasteiger partial charge in [-0.2, -0.15) is 0 Å². The zero-order chi connectivity index (χ0) is 22.2. The summed E-state index contributed by atoms with van der Waals surface area (Å²) in [5.74, 6) is 1.14. The molecule has 2 N–H and O–H groups in total. The van der Waals surface area contributed by atoms with E-state index < -0.39 is 0 Å². The fourth-order valence-electron chi connectivity index (χ4n) is 4.09. The third kappa shape index (κ3) is 3.48. The summed E-state index contributed by atoms with van der Waals surface area (Å²) in [6, 6.07) is 7.48. The summed E-state index contributed by atoms with van der Waals surface area (Å²) in [6.07, 6.45) is 6.37. The summed E-state index contributed by atoms with van der Waals surface area (Å²) in [5.41, 5.74) is 8.23. The minimum Gasteiger partial charge on any atom is -0.384 e. The average Bonchev–Trinajstić information content (AvgIpc) is 2.82. The molecular formula is C23H20ClN7O. The van der Waals surface area contributed by atoms with Gasteiger partial charge in [0.2, 0.25) is 5.91 Å². The molecule has 32 heavy (non-hydrogen) atoms. The van der Waals surface area contributed by atoms with Crippen molar-refractivity contribution >= 4 is 50.8 Å². The number of nitrogens with two attached hydrogens (primary N) is 1. The Labute approximate surface area is 189 Å². The predicted molar refractivity (Wildman–Crippen MR) is 126 cm³/mol. The Kier molecular flexibility index (Phi) is 5.07. The molecule has 0 spiro atoms. The molecular weight excluding hydrogens is 426 g/mol. The number of rotatable bonds is 3. The van der Waals surface area contributed by atoms with E-state index in [1.807, 2.05) is 18.2 Å². The zero-order valence-corrected chi connectivity index (χ0v) is 18.0. The second-order valence-corrected chi connectivity index (χ2v) is 7.96. The van der Waals surface area contributed by atoms with Gasteiger partial charge in [-0.25, -0.2) is 15.0 Å². The van der Waals surface area contributed by atoms with Gasteiger partial charge in [-0.3, -0.25) is 9.78 Å². The Bertz CT molecular complexity index is 1370. The van der Waals surface area contributed by atoms with Crippen molar-refractivity contribution in [1.29, 1.82) is 0 Å². The fraction of sp³-hybridized carbons (Fsp3) is 0.174. The van der Waals surface area contributed by atoms with Crippen molar-refractivity contribution in [2.24, 2.45) is 0 Å². The maximum absolute atomic E-state index is 11.9. The number of halogens is 1. The van der Waals surface area contributed by atoms with Gasteiger partial charge in [-0.15, -0.1) is 0 Å². The SMILES string of the molecule is C=CC(=O)N1CCN(c2ncnc3cc(-c4nc(N)cc5cnccc45)c(Cl)cc23)CC1. The highest BCUT2D eigenvalue weighted by molar-refractivity contribution is 6.34. The van der Waals surface area contributed by atoms with Crippen LogP contribution in [0.1, 0.15) is 0 Å². The number of carbonyl (C=O) groups is 1. The highest BCUT2D eigenvalue weighted by Crippen LogP contribution is 2.37. The van der Waals surface area contributed by atoms with Crippen molar-refractivity contribution in [3.05, 3.63) is 60.7 Å². The number of piperazine rings is 1. The molecule has 0 saturated carbocycles. The number of carbonyl (C=O) groups excluding carboxylic acids is 1. The average molecular weight is 446 g/mol. The molecule has 0 atom stereocenters. The van der Waals surface area contributed by atoms with Crippen molar-refractivity contribution in [3.63, 3.8) is 0 Å². The van der Waals surface area contributed by atoms with Crippen LogP contribution in [0.4, 0.5) is 11.6 Å². The van der Waals surface area contributed by atoms with Gasteiger partial charge in [0.1, 0.15) is 18.0 Å². The predicted octanol–water partition coefficient (Wildman–Crippen LogP) is 3.31. The Balaban J connectivity index is 1.57. The molecule has 1 aromatic carbocycles. The molecule has 160 valence electrons. The number of hydrogen-bond acceptors (Lipinski definition) is 7. The fourth-order valence-corrected chi connectivity index (χ4v) is 4.34. The number of nitrogen functional groups attached to an aromatic ring is 1. The molecule has 0 radical (unpaired) electrons. The second-order valence-electron chi connectivity index (χ2n) is 7.56. The monoisotopic (exact) mass is 445 g/mol. The molecule has 5 rings (SSSR count). The van der Waals surface area contributed by atoms with E-state index in [2.05, 4.69) is 31.4 Å². The summed E-state index contributed by atoms with van der Waals surface area (Å²) < 4.78 is 0. The smallest absolute Gasteiger partial charge is 0.246 e. The number of fused-ring (bicyclic) bond motifs is 2. The van der Waals surface area contributed by atoms with E-state index in [9.17, 15) is 4.79 Å². The number of amides is 1. The van der Waals surface area contributed by atoms with E-state index in [4.69, 9.17) is 17.3 Å². The Morgan fingerprint density at radius 2 is 1.94 bits per heavy atom. The molecule has 9 heteroatoms. The van der Waals surface area contributed by atoms with Crippen molar-refractivity contribution < 1.29 is 4.79 Å². The van der Waals surface area contributed by atoms with Crippen molar-refractivity contribution in [3.8, 4) is 11.3 Å². The van der Waals surface area contributed by atoms with Crippen LogP contribution in [-0.4, -0.2) is 56.9 Å². The molecule has 0 unspecified atom stereocenters. The molecule has 1 aliphatic rings. The van der Waals surface area contributed by atoms with Gasteiger partial charge >= 0.3 is 0 Å². The van der Waals surface area contributed by atoms with E-state index >= 15 is 0 Å². The summed E-state index contributed by atoms with van der Waals surface area (Å²) in [7, 11) is 0. The number of nitrogens with zero attached hydrogens (tertiary/aromatic N) is 6. The first-order valence-electron chi connectivity index (χ1n) is 10.2. The first-order valence-corrected chi connectivity index (χ1v) is 10.5. The van der Waals surface area contributed by atoms with Crippen LogP contribution in [0.3, 0.4) is 0 Å². The lowest BCUT2D eigenvalue weighted by Crippen LogP contribution is -2.48. The van der Waals surface area contributed by atoms with Crippen LogP contribution in [0.15, 0.2) is 55.6 Å². The Morgan fingerprint density at radius 3 is 2.72 bits per heavy atom. The minimum atomic E-state index is -0.0538. The molecule has 4 aromatic rings. The van der Waals surface area contributed by atoms with Gasteiger partial charge in [-0.1, -0.05) is 18.2 Å². The van der Waals surface area contributed by atoms with E-state index in [1.54, 1.807) is 29.7 Å². The van der Waals surface area contributed by atoms with Gasteiger partial charge in [0.25, 0.3) is 0 Å². The van der Waals surface area contributed by atoms with E-state index in [-0.39, 0.29) is 5.91 Å². The van der Waals surface area contributed by atoms with Crippen LogP contribution in [0, 0.1) is 0 Å². The quantitative estimate of drug-likeness (QED) is 0.482. The molecule has 1 saturated heterocycles. The lowest BCUT2D eigenvalue weighted by molar-refractivity contribution is -0.126. The summed E-state index contributed by atoms with van der Waals surface area (Å²) in [4.78, 5) is 33.5. The first-order chi connectivity index (χ1) is 15.5. The zero-order valence-electron chi connectivity index (χ0n) is 17.2. The standard InChI is InChI=1S/C23H20ClN7O/c1-2-21(32)30-5-7-31(8-6-30)23-17-10-18(24)16(11-19(17)27-13-28-23)22-15-3-4-26-12-14(15)9-20(25)29-22/h2-4,9-13H,1,5-8H2,(H2,25,29). The maximum atomic E-state index is 11.9. The van der Waals surface area contributed by atoms with Crippen LogP contribution < -0.4 is 10.6 Å².